The van der Waals surface area contributed by atoms with E-state index < -0.39 is 0 Å². The number of benzene rings is 1. The van der Waals surface area contributed by atoms with E-state index in [2.05, 4.69) is 15.2 Å². The summed E-state index contributed by atoms with van der Waals surface area (Å²) in [6.07, 6.45) is 0. The number of aromatic nitrogens is 3. The zero-order valence-electron chi connectivity index (χ0n) is 9.91. The Hall–Kier alpha value is -1.95. The number of rotatable bonds is 1. The van der Waals surface area contributed by atoms with Gasteiger partial charge in [-0.15, -0.1) is 11.3 Å². The highest BCUT2D eigenvalue weighted by Gasteiger charge is 2.15. The molecule has 6 heteroatoms. The third-order valence-corrected chi connectivity index (χ3v) is 3.89. The molecule has 4 nitrogen and oxygen atoms in total. The van der Waals surface area contributed by atoms with E-state index in [0.29, 0.717) is 16.9 Å². The van der Waals surface area contributed by atoms with Crippen molar-refractivity contribution < 1.29 is 4.39 Å². The molecular weight excluding hydrogens is 251 g/mol. The Kier molecular flexibility index (Phi) is 2.34. The van der Waals surface area contributed by atoms with E-state index in [0.717, 1.165) is 21.0 Å². The number of anilines is 1. The number of nitrogens with one attached hydrogen (secondary N) is 1. The van der Waals surface area contributed by atoms with Gasteiger partial charge in [-0.25, -0.2) is 9.37 Å². The Bertz CT molecular complexity index is 685. The number of aryl methyl sites for hydroxylation is 2. The van der Waals surface area contributed by atoms with Gasteiger partial charge in [0.15, 0.2) is 5.82 Å². The minimum atomic E-state index is -0.240. The van der Waals surface area contributed by atoms with Crippen molar-refractivity contribution >= 4 is 27.4 Å². The predicted octanol–water partition coefficient (Wildman–Crippen LogP) is 3.02. The zero-order valence-corrected chi connectivity index (χ0v) is 10.7. The minimum absolute atomic E-state index is 0.240. The Morgan fingerprint density at radius 2 is 2.11 bits per heavy atom. The van der Waals surface area contributed by atoms with E-state index in [1.165, 1.54) is 17.4 Å². The van der Waals surface area contributed by atoms with Crippen molar-refractivity contribution in [1.82, 2.24) is 15.2 Å². The third kappa shape index (κ3) is 1.57. The summed E-state index contributed by atoms with van der Waals surface area (Å²) in [4.78, 5) is 4.42. The fourth-order valence-electron chi connectivity index (χ4n) is 1.87. The summed E-state index contributed by atoms with van der Waals surface area (Å²) >= 11 is 1.49. The van der Waals surface area contributed by atoms with E-state index >= 15 is 0 Å². The standard InChI is InChI=1S/C12H11FN4S/c1-5-3-9-8(4-7(5)13)15-12(18-9)10-6(2)16-17-11(10)14/h3-4H,1-2H3,(H3,14,16,17). The second-order valence-corrected chi connectivity index (χ2v) is 5.23. The van der Waals surface area contributed by atoms with Gasteiger partial charge in [0.05, 0.1) is 15.8 Å². The van der Waals surface area contributed by atoms with Crippen molar-refractivity contribution in [2.75, 3.05) is 5.73 Å². The fourth-order valence-corrected chi connectivity index (χ4v) is 3.03. The van der Waals surface area contributed by atoms with Crippen LogP contribution in [0.25, 0.3) is 20.8 Å². The molecule has 0 amide bonds. The second kappa shape index (κ2) is 3.78. The highest BCUT2D eigenvalue weighted by molar-refractivity contribution is 7.21. The topological polar surface area (TPSA) is 67.6 Å². The van der Waals surface area contributed by atoms with Gasteiger partial charge in [0.1, 0.15) is 10.8 Å². The second-order valence-electron chi connectivity index (χ2n) is 4.20. The van der Waals surface area contributed by atoms with Gasteiger partial charge in [-0.2, -0.15) is 5.10 Å². The van der Waals surface area contributed by atoms with E-state index in [9.17, 15) is 4.39 Å². The number of fused-ring (bicyclic) bond motifs is 1. The molecule has 0 aliphatic heterocycles. The molecule has 2 heterocycles. The molecule has 0 fully saturated rings. The summed E-state index contributed by atoms with van der Waals surface area (Å²) in [6, 6.07) is 3.26. The predicted molar refractivity (Wildman–Crippen MR) is 71.0 cm³/mol. The quantitative estimate of drug-likeness (QED) is 0.708. The molecule has 0 aliphatic carbocycles. The number of nitrogens with zero attached hydrogens (tertiary/aromatic N) is 2. The first-order chi connectivity index (χ1) is 8.56. The van der Waals surface area contributed by atoms with Crippen molar-refractivity contribution in [3.63, 3.8) is 0 Å². The first kappa shape index (κ1) is 11.2. The van der Waals surface area contributed by atoms with Crippen LogP contribution in [-0.4, -0.2) is 15.2 Å². The summed E-state index contributed by atoms with van der Waals surface area (Å²) in [7, 11) is 0. The summed E-state index contributed by atoms with van der Waals surface area (Å²) in [5.41, 5.74) is 8.74. The van der Waals surface area contributed by atoms with Gasteiger partial charge >= 0.3 is 0 Å². The van der Waals surface area contributed by atoms with Gasteiger partial charge in [-0.1, -0.05) is 0 Å². The summed E-state index contributed by atoms with van der Waals surface area (Å²) in [5.74, 6) is 0.181. The Balaban J connectivity index is 2.26. The maximum Gasteiger partial charge on any atom is 0.155 e. The van der Waals surface area contributed by atoms with Crippen LogP contribution in [0.4, 0.5) is 10.2 Å². The van der Waals surface area contributed by atoms with Crippen LogP contribution < -0.4 is 5.73 Å². The molecule has 0 saturated carbocycles. The van der Waals surface area contributed by atoms with Crippen molar-refractivity contribution in [3.05, 3.63) is 29.2 Å². The van der Waals surface area contributed by atoms with Gasteiger partial charge in [-0.05, 0) is 25.5 Å². The van der Waals surface area contributed by atoms with Crippen LogP contribution in [0.1, 0.15) is 11.3 Å². The molecule has 92 valence electrons. The van der Waals surface area contributed by atoms with Crippen LogP contribution in [0.15, 0.2) is 12.1 Å². The van der Waals surface area contributed by atoms with Crippen molar-refractivity contribution in [1.29, 1.82) is 0 Å². The molecular formula is C12H11FN4S. The molecule has 3 rings (SSSR count). The van der Waals surface area contributed by atoms with Crippen LogP contribution in [-0.2, 0) is 0 Å². The number of hydrogen-bond donors (Lipinski definition) is 2. The minimum Gasteiger partial charge on any atom is -0.382 e. The third-order valence-electron chi connectivity index (χ3n) is 2.86. The van der Waals surface area contributed by atoms with Crippen LogP contribution in [0.3, 0.4) is 0 Å². The van der Waals surface area contributed by atoms with Crippen molar-refractivity contribution in [2.24, 2.45) is 0 Å². The largest absolute Gasteiger partial charge is 0.382 e. The number of thiazole rings is 1. The lowest BCUT2D eigenvalue weighted by Crippen LogP contribution is -1.87. The smallest absolute Gasteiger partial charge is 0.155 e. The lowest BCUT2D eigenvalue weighted by atomic mass is 10.2. The maximum atomic E-state index is 13.5. The van der Waals surface area contributed by atoms with E-state index in [1.54, 1.807) is 13.0 Å². The highest BCUT2D eigenvalue weighted by Crippen LogP contribution is 2.35. The van der Waals surface area contributed by atoms with Gasteiger partial charge < -0.3 is 5.73 Å². The zero-order chi connectivity index (χ0) is 12.9. The van der Waals surface area contributed by atoms with Crippen molar-refractivity contribution in [3.8, 4) is 10.6 Å². The van der Waals surface area contributed by atoms with Crippen LogP contribution >= 0.6 is 11.3 Å². The number of H-pyrrole nitrogens is 1. The monoisotopic (exact) mass is 262 g/mol. The van der Waals surface area contributed by atoms with E-state index in [-0.39, 0.29) is 5.82 Å². The number of nitrogens with two attached hydrogens (primary N) is 1. The normalized spacial score (nSPS) is 11.3. The molecule has 2 aromatic heterocycles. The summed E-state index contributed by atoms with van der Waals surface area (Å²) in [6.45, 7) is 3.63. The molecule has 0 saturated heterocycles. The maximum absolute atomic E-state index is 13.5. The lowest BCUT2D eigenvalue weighted by Gasteiger charge is -1.93. The Morgan fingerprint density at radius 1 is 1.33 bits per heavy atom. The lowest BCUT2D eigenvalue weighted by molar-refractivity contribution is 0.620. The molecule has 0 aliphatic rings. The Morgan fingerprint density at radius 3 is 2.78 bits per heavy atom. The summed E-state index contributed by atoms with van der Waals surface area (Å²) < 4.78 is 14.4. The average Bonchev–Trinajstić information content (AvgIpc) is 2.83. The van der Waals surface area contributed by atoms with Crippen LogP contribution in [0.2, 0.25) is 0 Å². The summed E-state index contributed by atoms with van der Waals surface area (Å²) in [5, 5.41) is 7.53. The van der Waals surface area contributed by atoms with Crippen molar-refractivity contribution in [2.45, 2.75) is 13.8 Å². The SMILES string of the molecule is Cc1cc2sc(-c3c(N)n[nH]c3C)nc2cc1F. The molecule has 0 radical (unpaired) electrons. The fraction of sp³-hybridized carbons (Fsp3) is 0.167. The Labute approximate surface area is 107 Å². The van der Waals surface area contributed by atoms with E-state index in [1.807, 2.05) is 6.92 Å². The van der Waals surface area contributed by atoms with Crippen LogP contribution in [0, 0.1) is 19.7 Å². The molecule has 3 aromatic rings. The number of aromatic amines is 1. The molecule has 0 unspecified atom stereocenters. The van der Waals surface area contributed by atoms with Gasteiger partial charge in [-0.3, -0.25) is 5.10 Å². The highest BCUT2D eigenvalue weighted by atomic mass is 32.1. The molecule has 1 aromatic carbocycles. The number of hydrogen-bond acceptors (Lipinski definition) is 4. The van der Waals surface area contributed by atoms with Gasteiger partial charge in [0.2, 0.25) is 0 Å². The average molecular weight is 262 g/mol. The molecule has 3 N–H and O–H groups in total. The first-order valence-corrected chi connectivity index (χ1v) is 6.25. The molecule has 0 atom stereocenters. The van der Waals surface area contributed by atoms with Crippen LogP contribution in [0.5, 0.6) is 0 Å². The van der Waals surface area contributed by atoms with Gasteiger partial charge in [0.25, 0.3) is 0 Å². The molecule has 18 heavy (non-hydrogen) atoms. The van der Waals surface area contributed by atoms with Gasteiger partial charge in [0, 0.05) is 11.8 Å². The molecule has 0 spiro atoms. The number of halogens is 1. The number of nitrogen functional groups attached to an aromatic ring is 1. The first-order valence-electron chi connectivity index (χ1n) is 5.44. The van der Waals surface area contributed by atoms with E-state index in [4.69, 9.17) is 5.73 Å². The molecule has 0 bridgehead atoms.